The van der Waals surface area contributed by atoms with Gasteiger partial charge in [-0.2, -0.15) is 5.10 Å². The van der Waals surface area contributed by atoms with Crippen molar-refractivity contribution in [3.63, 3.8) is 0 Å². The summed E-state index contributed by atoms with van der Waals surface area (Å²) in [7, 11) is 3.89. The molecule has 4 nitrogen and oxygen atoms in total. The van der Waals surface area contributed by atoms with Gasteiger partial charge in [-0.1, -0.05) is 19.8 Å². The van der Waals surface area contributed by atoms with Crippen LogP contribution in [0.15, 0.2) is 0 Å². The topological polar surface area (TPSA) is 38.1 Å². The first-order chi connectivity index (χ1) is 7.61. The van der Waals surface area contributed by atoms with Crippen LogP contribution < -0.4 is 4.90 Å². The Morgan fingerprint density at radius 1 is 1.44 bits per heavy atom. The number of aromatic nitrogens is 2. The van der Waals surface area contributed by atoms with Crippen LogP contribution in [0.2, 0.25) is 0 Å². The van der Waals surface area contributed by atoms with Gasteiger partial charge >= 0.3 is 0 Å². The van der Waals surface area contributed by atoms with Gasteiger partial charge in [0, 0.05) is 20.6 Å². The Bertz CT molecular complexity index is 357. The second-order valence-corrected chi connectivity index (χ2v) is 4.19. The van der Waals surface area contributed by atoms with E-state index in [0.717, 1.165) is 30.8 Å². The quantitative estimate of drug-likeness (QED) is 0.548. The molecule has 4 heteroatoms. The number of nitrogens with zero attached hydrogens (tertiary/aromatic N) is 3. The van der Waals surface area contributed by atoms with Gasteiger partial charge in [-0.15, -0.1) is 0 Å². The molecular formula is C12H21N3O. The van der Waals surface area contributed by atoms with E-state index in [2.05, 4.69) is 16.9 Å². The number of hydrogen-bond acceptors (Lipinski definition) is 3. The smallest absolute Gasteiger partial charge is 0.155 e. The highest BCUT2D eigenvalue weighted by molar-refractivity contribution is 5.84. The van der Waals surface area contributed by atoms with Gasteiger partial charge in [0.15, 0.2) is 6.29 Å². The molecular weight excluding hydrogens is 202 g/mol. The van der Waals surface area contributed by atoms with E-state index < -0.39 is 0 Å². The maximum absolute atomic E-state index is 11.0. The van der Waals surface area contributed by atoms with Crippen molar-refractivity contribution in [3.05, 3.63) is 11.3 Å². The summed E-state index contributed by atoms with van der Waals surface area (Å²) >= 11 is 0. The molecule has 0 amide bonds. The van der Waals surface area contributed by atoms with Crippen molar-refractivity contribution in [2.75, 3.05) is 18.5 Å². The second-order valence-electron chi connectivity index (χ2n) is 4.19. The lowest BCUT2D eigenvalue weighted by Gasteiger charge is -2.19. The molecule has 16 heavy (non-hydrogen) atoms. The lowest BCUT2D eigenvalue weighted by molar-refractivity contribution is 0.112. The molecule has 0 saturated carbocycles. The number of hydrogen-bond donors (Lipinski definition) is 0. The number of aryl methyl sites for hydroxylation is 2. The van der Waals surface area contributed by atoms with Crippen molar-refractivity contribution >= 4 is 12.1 Å². The average Bonchev–Trinajstić information content (AvgIpc) is 2.53. The molecule has 1 aromatic rings. The predicted octanol–water partition coefficient (Wildman–Crippen LogP) is 2.17. The summed E-state index contributed by atoms with van der Waals surface area (Å²) < 4.78 is 1.78. The Morgan fingerprint density at radius 3 is 2.69 bits per heavy atom. The minimum absolute atomic E-state index is 0.710. The summed E-state index contributed by atoms with van der Waals surface area (Å²) in [4.78, 5) is 13.1. The van der Waals surface area contributed by atoms with Gasteiger partial charge in [0.05, 0.1) is 11.3 Å². The molecule has 1 heterocycles. The van der Waals surface area contributed by atoms with E-state index in [9.17, 15) is 4.79 Å². The molecule has 0 fully saturated rings. The van der Waals surface area contributed by atoms with Crippen LogP contribution in [0.5, 0.6) is 0 Å². The Hall–Kier alpha value is -1.32. The normalized spacial score (nSPS) is 10.5. The van der Waals surface area contributed by atoms with Crippen molar-refractivity contribution in [1.82, 2.24) is 9.78 Å². The standard InChI is InChI=1S/C12H21N3O/c1-5-6-7-8-14(3)12-11(9-16)10(2)13-15(12)4/h9H,5-8H2,1-4H3. The molecule has 90 valence electrons. The lowest BCUT2D eigenvalue weighted by Crippen LogP contribution is -2.22. The summed E-state index contributed by atoms with van der Waals surface area (Å²) in [6.07, 6.45) is 4.47. The fourth-order valence-corrected chi connectivity index (χ4v) is 1.96. The molecule has 0 aliphatic carbocycles. The lowest BCUT2D eigenvalue weighted by atomic mass is 10.2. The maximum Gasteiger partial charge on any atom is 0.155 e. The summed E-state index contributed by atoms with van der Waals surface area (Å²) in [5.41, 5.74) is 1.51. The Labute approximate surface area is 97.2 Å². The molecule has 0 aliphatic rings. The van der Waals surface area contributed by atoms with E-state index in [1.807, 2.05) is 21.0 Å². The maximum atomic E-state index is 11.0. The monoisotopic (exact) mass is 223 g/mol. The highest BCUT2D eigenvalue weighted by atomic mass is 16.1. The van der Waals surface area contributed by atoms with Gasteiger partial charge in [0.2, 0.25) is 0 Å². The Balaban J connectivity index is 2.81. The van der Waals surface area contributed by atoms with Crippen LogP contribution in [-0.2, 0) is 7.05 Å². The molecule has 1 rings (SSSR count). The number of unbranched alkanes of at least 4 members (excludes halogenated alkanes) is 2. The molecule has 0 spiro atoms. The molecule has 0 unspecified atom stereocenters. The zero-order valence-electron chi connectivity index (χ0n) is 10.7. The highest BCUT2D eigenvalue weighted by Crippen LogP contribution is 2.20. The van der Waals surface area contributed by atoms with Gasteiger partial charge in [-0.25, -0.2) is 0 Å². The molecule has 1 aromatic heterocycles. The van der Waals surface area contributed by atoms with Gasteiger partial charge in [-0.05, 0) is 13.3 Å². The molecule has 0 bridgehead atoms. The van der Waals surface area contributed by atoms with Gasteiger partial charge in [-0.3, -0.25) is 9.48 Å². The first kappa shape index (κ1) is 12.7. The molecule has 0 atom stereocenters. The highest BCUT2D eigenvalue weighted by Gasteiger charge is 2.15. The largest absolute Gasteiger partial charge is 0.359 e. The minimum Gasteiger partial charge on any atom is -0.359 e. The van der Waals surface area contributed by atoms with Crippen LogP contribution in [0.4, 0.5) is 5.82 Å². The third-order valence-electron chi connectivity index (χ3n) is 2.81. The van der Waals surface area contributed by atoms with Crippen molar-refractivity contribution in [2.45, 2.75) is 33.1 Å². The van der Waals surface area contributed by atoms with Crippen molar-refractivity contribution in [1.29, 1.82) is 0 Å². The number of carbonyl (C=O) groups is 1. The van der Waals surface area contributed by atoms with Gasteiger partial charge in [0.1, 0.15) is 5.82 Å². The Kier molecular flexibility index (Phi) is 4.52. The third kappa shape index (κ3) is 2.62. The summed E-state index contributed by atoms with van der Waals surface area (Å²) in [5, 5.41) is 4.27. The van der Waals surface area contributed by atoms with Crippen molar-refractivity contribution in [3.8, 4) is 0 Å². The molecule has 0 aromatic carbocycles. The van der Waals surface area contributed by atoms with Crippen LogP contribution in [0.3, 0.4) is 0 Å². The van der Waals surface area contributed by atoms with Crippen LogP contribution in [0.1, 0.15) is 42.2 Å². The first-order valence-electron chi connectivity index (χ1n) is 5.81. The zero-order chi connectivity index (χ0) is 12.1. The zero-order valence-corrected chi connectivity index (χ0v) is 10.7. The summed E-state index contributed by atoms with van der Waals surface area (Å²) in [6, 6.07) is 0. The van der Waals surface area contributed by atoms with Gasteiger partial charge < -0.3 is 4.90 Å². The van der Waals surface area contributed by atoms with E-state index in [1.54, 1.807) is 4.68 Å². The van der Waals surface area contributed by atoms with Crippen molar-refractivity contribution in [2.24, 2.45) is 7.05 Å². The number of aldehydes is 1. The minimum atomic E-state index is 0.710. The van der Waals surface area contributed by atoms with Crippen LogP contribution in [0, 0.1) is 6.92 Å². The van der Waals surface area contributed by atoms with Crippen LogP contribution in [0.25, 0.3) is 0 Å². The van der Waals surface area contributed by atoms with Crippen LogP contribution in [-0.4, -0.2) is 29.7 Å². The number of anilines is 1. The van der Waals surface area contributed by atoms with E-state index >= 15 is 0 Å². The first-order valence-corrected chi connectivity index (χ1v) is 5.81. The average molecular weight is 223 g/mol. The van der Waals surface area contributed by atoms with Crippen molar-refractivity contribution < 1.29 is 4.79 Å². The summed E-state index contributed by atoms with van der Waals surface area (Å²) in [5.74, 6) is 0.920. The third-order valence-corrected chi connectivity index (χ3v) is 2.81. The molecule has 0 radical (unpaired) electrons. The Morgan fingerprint density at radius 2 is 2.12 bits per heavy atom. The molecule has 0 saturated heterocycles. The van der Waals surface area contributed by atoms with E-state index in [-0.39, 0.29) is 0 Å². The van der Waals surface area contributed by atoms with E-state index in [4.69, 9.17) is 0 Å². The van der Waals surface area contributed by atoms with E-state index in [1.165, 1.54) is 12.8 Å². The molecule has 0 N–H and O–H groups in total. The van der Waals surface area contributed by atoms with E-state index in [0.29, 0.717) is 5.56 Å². The fraction of sp³-hybridized carbons (Fsp3) is 0.667. The predicted molar refractivity (Wildman–Crippen MR) is 66.1 cm³/mol. The summed E-state index contributed by atoms with van der Waals surface area (Å²) in [6.45, 7) is 5.02. The van der Waals surface area contributed by atoms with Gasteiger partial charge in [0.25, 0.3) is 0 Å². The SMILES string of the molecule is CCCCCN(C)c1c(C=O)c(C)nn1C. The molecule has 0 aliphatic heterocycles. The second kappa shape index (κ2) is 5.68. The van der Waals surface area contributed by atoms with Crippen LogP contribution >= 0.6 is 0 Å². The number of rotatable bonds is 6. The fourth-order valence-electron chi connectivity index (χ4n) is 1.96. The number of carbonyl (C=O) groups excluding carboxylic acids is 1.